The number of carbonyl (C=O) groups excluding carboxylic acids is 1. The van der Waals surface area contributed by atoms with Crippen LogP contribution in [0.25, 0.3) is 0 Å². The lowest BCUT2D eigenvalue weighted by molar-refractivity contribution is -0.0445. The topological polar surface area (TPSA) is 55.6 Å². The monoisotopic (exact) mass is 274 g/mol. The second-order valence-electron chi connectivity index (χ2n) is 5.60. The fourth-order valence-corrected chi connectivity index (χ4v) is 3.43. The van der Waals surface area contributed by atoms with Crippen LogP contribution >= 0.6 is 0 Å². The van der Waals surface area contributed by atoms with E-state index in [4.69, 9.17) is 10.5 Å². The van der Waals surface area contributed by atoms with Crippen LogP contribution in [0.5, 0.6) is 0 Å². The third kappa shape index (κ3) is 2.45. The van der Waals surface area contributed by atoms with Gasteiger partial charge < -0.3 is 15.4 Å². The van der Waals surface area contributed by atoms with Gasteiger partial charge in [-0.05, 0) is 43.9 Å². The van der Waals surface area contributed by atoms with E-state index in [1.165, 1.54) is 0 Å². The highest BCUT2D eigenvalue weighted by Crippen LogP contribution is 2.31. The lowest BCUT2D eigenvalue weighted by Crippen LogP contribution is -2.51. The SMILES string of the molecule is NCCc1ccccc1C(=O)N1CCOC2CCCC21. The molecule has 1 saturated carbocycles. The fraction of sp³-hybridized carbons (Fsp3) is 0.562. The number of nitrogens with two attached hydrogens (primary N) is 1. The third-order valence-corrected chi connectivity index (χ3v) is 4.40. The van der Waals surface area contributed by atoms with Gasteiger partial charge in [0.05, 0.1) is 18.8 Å². The number of rotatable bonds is 3. The van der Waals surface area contributed by atoms with Crippen LogP contribution < -0.4 is 5.73 Å². The minimum Gasteiger partial charge on any atom is -0.374 e. The number of hydrogen-bond acceptors (Lipinski definition) is 3. The first kappa shape index (κ1) is 13.6. The predicted molar refractivity (Wildman–Crippen MR) is 77.6 cm³/mol. The Balaban J connectivity index is 1.84. The summed E-state index contributed by atoms with van der Waals surface area (Å²) in [6.07, 6.45) is 4.30. The molecule has 3 rings (SSSR count). The number of amides is 1. The van der Waals surface area contributed by atoms with E-state index in [9.17, 15) is 4.79 Å². The van der Waals surface area contributed by atoms with Crippen molar-refractivity contribution >= 4 is 5.91 Å². The molecule has 1 heterocycles. The van der Waals surface area contributed by atoms with E-state index in [1.54, 1.807) is 0 Å². The maximum atomic E-state index is 12.9. The number of fused-ring (bicyclic) bond motifs is 1. The van der Waals surface area contributed by atoms with E-state index >= 15 is 0 Å². The summed E-state index contributed by atoms with van der Waals surface area (Å²) in [5.41, 5.74) is 7.52. The number of morpholine rings is 1. The summed E-state index contributed by atoms with van der Waals surface area (Å²) in [5, 5.41) is 0. The van der Waals surface area contributed by atoms with Crippen LogP contribution in [0.15, 0.2) is 24.3 Å². The fourth-order valence-electron chi connectivity index (χ4n) is 3.43. The molecule has 2 aliphatic rings. The van der Waals surface area contributed by atoms with Crippen molar-refractivity contribution in [2.75, 3.05) is 19.7 Å². The zero-order chi connectivity index (χ0) is 13.9. The van der Waals surface area contributed by atoms with Crippen molar-refractivity contribution in [3.63, 3.8) is 0 Å². The Morgan fingerprint density at radius 2 is 2.20 bits per heavy atom. The Kier molecular flexibility index (Phi) is 4.03. The summed E-state index contributed by atoms with van der Waals surface area (Å²) in [6.45, 7) is 1.93. The summed E-state index contributed by atoms with van der Waals surface area (Å²) < 4.78 is 5.78. The van der Waals surface area contributed by atoms with Crippen molar-refractivity contribution < 1.29 is 9.53 Å². The molecule has 1 aromatic rings. The first-order valence-electron chi connectivity index (χ1n) is 7.52. The molecule has 108 valence electrons. The van der Waals surface area contributed by atoms with Gasteiger partial charge in [0.1, 0.15) is 0 Å². The second-order valence-corrected chi connectivity index (χ2v) is 5.60. The summed E-state index contributed by atoms with van der Waals surface area (Å²) in [6, 6.07) is 8.10. The van der Waals surface area contributed by atoms with E-state index in [0.29, 0.717) is 19.7 Å². The number of ether oxygens (including phenoxy) is 1. The number of carbonyl (C=O) groups is 1. The smallest absolute Gasteiger partial charge is 0.254 e. The summed E-state index contributed by atoms with van der Waals surface area (Å²) in [4.78, 5) is 14.9. The molecular weight excluding hydrogens is 252 g/mol. The molecule has 1 aromatic carbocycles. The molecule has 1 amide bonds. The molecule has 1 aliphatic carbocycles. The van der Waals surface area contributed by atoms with Crippen LogP contribution in [0.2, 0.25) is 0 Å². The van der Waals surface area contributed by atoms with Crippen molar-refractivity contribution in [2.45, 2.75) is 37.8 Å². The molecule has 4 heteroatoms. The molecule has 0 bridgehead atoms. The molecule has 4 nitrogen and oxygen atoms in total. The van der Waals surface area contributed by atoms with E-state index in [2.05, 4.69) is 0 Å². The summed E-state index contributed by atoms with van der Waals surface area (Å²) >= 11 is 0. The third-order valence-electron chi connectivity index (χ3n) is 4.40. The first-order valence-corrected chi connectivity index (χ1v) is 7.52. The highest BCUT2D eigenvalue weighted by Gasteiger charge is 2.38. The van der Waals surface area contributed by atoms with E-state index in [1.807, 2.05) is 29.2 Å². The van der Waals surface area contributed by atoms with Gasteiger partial charge in [-0.3, -0.25) is 4.79 Å². The van der Waals surface area contributed by atoms with Crippen molar-refractivity contribution in [3.8, 4) is 0 Å². The lowest BCUT2D eigenvalue weighted by Gasteiger charge is -2.38. The van der Waals surface area contributed by atoms with Gasteiger partial charge in [0.25, 0.3) is 5.91 Å². The normalized spacial score (nSPS) is 25.6. The van der Waals surface area contributed by atoms with Crippen LogP contribution in [-0.2, 0) is 11.2 Å². The zero-order valence-corrected chi connectivity index (χ0v) is 11.8. The van der Waals surface area contributed by atoms with Crippen LogP contribution in [-0.4, -0.2) is 42.6 Å². The maximum Gasteiger partial charge on any atom is 0.254 e. The maximum absolute atomic E-state index is 12.9. The van der Waals surface area contributed by atoms with Crippen LogP contribution in [0.4, 0.5) is 0 Å². The highest BCUT2D eigenvalue weighted by atomic mass is 16.5. The molecule has 0 radical (unpaired) electrons. The molecule has 1 saturated heterocycles. The molecule has 2 fully saturated rings. The van der Waals surface area contributed by atoms with Gasteiger partial charge in [-0.2, -0.15) is 0 Å². The molecule has 2 atom stereocenters. The van der Waals surface area contributed by atoms with Crippen molar-refractivity contribution in [2.24, 2.45) is 5.73 Å². The zero-order valence-electron chi connectivity index (χ0n) is 11.8. The van der Waals surface area contributed by atoms with Gasteiger partial charge in [-0.1, -0.05) is 18.2 Å². The van der Waals surface area contributed by atoms with Gasteiger partial charge in [-0.15, -0.1) is 0 Å². The average Bonchev–Trinajstić information content (AvgIpc) is 2.96. The number of hydrogen-bond donors (Lipinski definition) is 1. The van der Waals surface area contributed by atoms with E-state index in [0.717, 1.165) is 36.8 Å². The molecule has 2 unspecified atom stereocenters. The number of benzene rings is 1. The van der Waals surface area contributed by atoms with E-state index in [-0.39, 0.29) is 18.1 Å². The summed E-state index contributed by atoms with van der Waals surface area (Å²) in [7, 11) is 0. The standard InChI is InChI=1S/C16H22N2O2/c17-9-8-12-4-1-2-5-13(12)16(19)18-10-11-20-15-7-3-6-14(15)18/h1-2,4-5,14-15H,3,6-11,17H2. The Morgan fingerprint density at radius 1 is 1.35 bits per heavy atom. The van der Waals surface area contributed by atoms with Crippen molar-refractivity contribution in [1.29, 1.82) is 0 Å². The highest BCUT2D eigenvalue weighted by molar-refractivity contribution is 5.96. The first-order chi connectivity index (χ1) is 9.81. The van der Waals surface area contributed by atoms with E-state index < -0.39 is 0 Å². The predicted octanol–water partition coefficient (Wildman–Crippen LogP) is 1.58. The summed E-state index contributed by atoms with van der Waals surface area (Å²) in [5.74, 6) is 0.147. The minimum atomic E-state index is 0.147. The van der Waals surface area contributed by atoms with Gasteiger partial charge in [0.2, 0.25) is 0 Å². The van der Waals surface area contributed by atoms with Crippen LogP contribution in [0, 0.1) is 0 Å². The van der Waals surface area contributed by atoms with Gasteiger partial charge >= 0.3 is 0 Å². The molecule has 2 N–H and O–H groups in total. The Morgan fingerprint density at radius 3 is 3.05 bits per heavy atom. The Hall–Kier alpha value is -1.39. The molecule has 1 aliphatic heterocycles. The van der Waals surface area contributed by atoms with Gasteiger partial charge in [0, 0.05) is 12.1 Å². The largest absolute Gasteiger partial charge is 0.374 e. The van der Waals surface area contributed by atoms with Gasteiger partial charge in [-0.25, -0.2) is 0 Å². The number of nitrogens with zero attached hydrogens (tertiary/aromatic N) is 1. The van der Waals surface area contributed by atoms with Crippen LogP contribution in [0.3, 0.4) is 0 Å². The molecule has 0 spiro atoms. The van der Waals surface area contributed by atoms with Crippen molar-refractivity contribution in [1.82, 2.24) is 4.90 Å². The molecule has 20 heavy (non-hydrogen) atoms. The van der Waals surface area contributed by atoms with Gasteiger partial charge in [0.15, 0.2) is 0 Å². The molecular formula is C16H22N2O2. The average molecular weight is 274 g/mol. The van der Waals surface area contributed by atoms with Crippen molar-refractivity contribution in [3.05, 3.63) is 35.4 Å². The Labute approximate surface area is 119 Å². The quantitative estimate of drug-likeness (QED) is 0.910. The second kappa shape index (κ2) is 5.94. The minimum absolute atomic E-state index is 0.147. The van der Waals surface area contributed by atoms with Crippen LogP contribution in [0.1, 0.15) is 35.2 Å². The Bertz CT molecular complexity index is 489. The molecule has 0 aromatic heterocycles. The lowest BCUT2D eigenvalue weighted by atomic mass is 10.0.